The Hall–Kier alpha value is -7.29. The predicted molar refractivity (Wildman–Crippen MR) is 261 cm³/mol. The molecule has 10 aromatic rings. The number of unbranched alkanes of at least 4 members (excludes halogenated alkanes) is 1. The maximum atomic E-state index is 6.18. The van der Waals surface area contributed by atoms with Crippen molar-refractivity contribution in [3.8, 4) is 61.6 Å². The summed E-state index contributed by atoms with van der Waals surface area (Å²) >= 11 is 0. The second-order valence-corrected chi connectivity index (χ2v) is 17.1. The molecule has 62 heavy (non-hydrogen) atoms. The Kier molecular flexibility index (Phi) is 8.85. The minimum Gasteiger partial charge on any atom is -0.494 e. The van der Waals surface area contributed by atoms with Crippen molar-refractivity contribution in [2.24, 2.45) is 0 Å². The molecular weight excluding hydrogens is 751 g/mol. The number of nitrogens with zero attached hydrogens (tertiary/aromatic N) is 1. The van der Waals surface area contributed by atoms with Gasteiger partial charge in [-0.05, 0) is 174 Å². The minimum absolute atomic E-state index is 0.683. The molecule has 0 saturated heterocycles. The number of hydrogen-bond acceptors (Lipinski definition) is 2. The van der Waals surface area contributed by atoms with Gasteiger partial charge >= 0.3 is 0 Å². The second kappa shape index (κ2) is 15.0. The van der Waals surface area contributed by atoms with Crippen LogP contribution < -0.4 is 4.74 Å². The van der Waals surface area contributed by atoms with Crippen LogP contribution in [0.4, 0.5) is 0 Å². The number of rotatable bonds is 8. The van der Waals surface area contributed by atoms with Crippen molar-refractivity contribution in [2.75, 3.05) is 6.61 Å². The zero-order chi connectivity index (χ0) is 41.1. The molecule has 0 fully saturated rings. The Labute approximate surface area is 362 Å². The SMILES string of the molecule is C=CCCCOc1ccc(-c2c3c(nc4c2CCc2ccc(-c5cc6ccccc6c6ccccc56)cc2-4)-c2cc(-c4cc5ccccc5c5ccccc45)ccc2CC3)cc1. The number of pyridine rings is 1. The Balaban J connectivity index is 1.06. The summed E-state index contributed by atoms with van der Waals surface area (Å²) in [6.45, 7) is 4.56. The molecule has 0 atom stereocenters. The molecule has 1 aromatic heterocycles. The van der Waals surface area contributed by atoms with Gasteiger partial charge in [-0.25, -0.2) is 4.98 Å². The summed E-state index contributed by atoms with van der Waals surface area (Å²) in [4.78, 5) is 5.86. The van der Waals surface area contributed by atoms with E-state index < -0.39 is 0 Å². The first-order valence-electron chi connectivity index (χ1n) is 22.2. The zero-order valence-corrected chi connectivity index (χ0v) is 34.8. The molecule has 0 unspecified atom stereocenters. The smallest absolute Gasteiger partial charge is 0.119 e. The van der Waals surface area contributed by atoms with Crippen LogP contribution in [0.2, 0.25) is 0 Å². The van der Waals surface area contributed by atoms with E-state index in [1.54, 1.807) is 0 Å². The fourth-order valence-electron chi connectivity index (χ4n) is 10.6. The average Bonchev–Trinajstić information content (AvgIpc) is 3.34. The lowest BCUT2D eigenvalue weighted by atomic mass is 9.77. The van der Waals surface area contributed by atoms with Crippen LogP contribution >= 0.6 is 0 Å². The van der Waals surface area contributed by atoms with Gasteiger partial charge in [0.15, 0.2) is 0 Å². The number of benzene rings is 9. The first-order chi connectivity index (χ1) is 30.7. The lowest BCUT2D eigenvalue weighted by Crippen LogP contribution is -2.15. The summed E-state index contributed by atoms with van der Waals surface area (Å²) in [5.74, 6) is 0.907. The molecule has 0 aliphatic heterocycles. The molecule has 2 aliphatic carbocycles. The van der Waals surface area contributed by atoms with Crippen LogP contribution in [0, 0.1) is 0 Å². The third-order valence-electron chi connectivity index (χ3n) is 13.5. The number of aromatic nitrogens is 1. The number of allylic oxidation sites excluding steroid dienone is 1. The van der Waals surface area contributed by atoms with E-state index in [1.807, 2.05) is 6.08 Å². The van der Waals surface area contributed by atoms with E-state index in [1.165, 1.54) is 110 Å². The molecule has 9 aromatic carbocycles. The first-order valence-corrected chi connectivity index (χ1v) is 22.2. The number of hydrogen-bond donors (Lipinski definition) is 0. The maximum absolute atomic E-state index is 6.18. The van der Waals surface area contributed by atoms with Crippen molar-refractivity contribution in [1.82, 2.24) is 4.98 Å². The lowest BCUT2D eigenvalue weighted by Gasteiger charge is -2.30. The monoisotopic (exact) mass is 795 g/mol. The van der Waals surface area contributed by atoms with Gasteiger partial charge in [-0.1, -0.05) is 140 Å². The zero-order valence-electron chi connectivity index (χ0n) is 34.8. The molecule has 12 rings (SSSR count). The molecular formula is C60H45NO. The fraction of sp³-hybridized carbons (Fsp3) is 0.117. The highest BCUT2D eigenvalue weighted by Crippen LogP contribution is 2.48. The van der Waals surface area contributed by atoms with Crippen molar-refractivity contribution in [3.63, 3.8) is 0 Å². The van der Waals surface area contributed by atoms with Gasteiger partial charge in [0, 0.05) is 11.1 Å². The second-order valence-electron chi connectivity index (χ2n) is 17.1. The van der Waals surface area contributed by atoms with Gasteiger partial charge in [0.1, 0.15) is 5.75 Å². The van der Waals surface area contributed by atoms with Crippen LogP contribution in [-0.4, -0.2) is 11.6 Å². The summed E-state index contributed by atoms with van der Waals surface area (Å²) in [7, 11) is 0. The molecule has 2 aliphatic rings. The molecule has 0 spiro atoms. The van der Waals surface area contributed by atoms with E-state index in [-0.39, 0.29) is 0 Å². The van der Waals surface area contributed by atoms with Crippen molar-refractivity contribution < 1.29 is 4.74 Å². The standard InChI is InChI=1S/C60H45NO/c1-2-3-12-33-62-45-29-25-40(26-30-45)58-52-31-27-38-21-23-43(54-34-41-13-4-6-15-46(41)48-17-8-10-19-50(48)54)36-56(38)59(52)61-60-53(58)32-28-39-22-24-44(37-57(39)60)55-35-42-14-5-7-16-47(42)49-18-9-11-20-51(49)55/h2,4-11,13-26,29-30,34-37H,1,3,12,27-28,31-33H2. The Morgan fingerprint density at radius 1 is 0.452 bits per heavy atom. The van der Waals surface area contributed by atoms with E-state index >= 15 is 0 Å². The Morgan fingerprint density at radius 2 is 0.919 bits per heavy atom. The largest absolute Gasteiger partial charge is 0.494 e. The maximum Gasteiger partial charge on any atom is 0.119 e. The summed E-state index contributed by atoms with van der Waals surface area (Å²) in [5, 5.41) is 10.2. The highest BCUT2D eigenvalue weighted by molar-refractivity contribution is 6.15. The van der Waals surface area contributed by atoms with Crippen molar-refractivity contribution in [1.29, 1.82) is 0 Å². The first kappa shape index (κ1) is 36.6. The van der Waals surface area contributed by atoms with E-state index in [2.05, 4.69) is 176 Å². The Bertz CT molecular complexity index is 3230. The molecule has 0 amide bonds. The normalized spacial score (nSPS) is 12.8. The van der Waals surface area contributed by atoms with Gasteiger partial charge < -0.3 is 4.74 Å². The van der Waals surface area contributed by atoms with E-state index in [0.29, 0.717) is 6.61 Å². The van der Waals surface area contributed by atoms with E-state index in [0.717, 1.165) is 55.7 Å². The molecule has 2 nitrogen and oxygen atoms in total. The van der Waals surface area contributed by atoms with Crippen LogP contribution in [0.25, 0.3) is 99.0 Å². The number of fused-ring (bicyclic) bond motifs is 12. The quantitative estimate of drug-likeness (QED) is 0.0868. The van der Waals surface area contributed by atoms with Gasteiger partial charge in [-0.15, -0.1) is 6.58 Å². The summed E-state index contributed by atoms with van der Waals surface area (Å²) < 4.78 is 6.18. The molecule has 0 radical (unpaired) electrons. The molecule has 2 heteroatoms. The van der Waals surface area contributed by atoms with Gasteiger partial charge in [0.2, 0.25) is 0 Å². The van der Waals surface area contributed by atoms with Gasteiger partial charge in [0.25, 0.3) is 0 Å². The van der Waals surface area contributed by atoms with Crippen LogP contribution in [0.1, 0.15) is 35.1 Å². The highest BCUT2D eigenvalue weighted by atomic mass is 16.5. The van der Waals surface area contributed by atoms with E-state index in [4.69, 9.17) is 9.72 Å². The number of ether oxygens (including phenoxy) is 1. The van der Waals surface area contributed by atoms with E-state index in [9.17, 15) is 0 Å². The fourth-order valence-corrected chi connectivity index (χ4v) is 10.6. The Morgan fingerprint density at radius 3 is 1.44 bits per heavy atom. The topological polar surface area (TPSA) is 22.1 Å². The third-order valence-corrected chi connectivity index (χ3v) is 13.5. The molecule has 296 valence electrons. The van der Waals surface area contributed by atoms with Crippen LogP contribution in [0.5, 0.6) is 5.75 Å². The average molecular weight is 796 g/mol. The van der Waals surface area contributed by atoms with Crippen LogP contribution in [0.15, 0.2) is 183 Å². The molecule has 1 heterocycles. The van der Waals surface area contributed by atoms with Crippen molar-refractivity contribution >= 4 is 43.1 Å². The lowest BCUT2D eigenvalue weighted by molar-refractivity contribution is 0.312. The van der Waals surface area contributed by atoms with Gasteiger partial charge in [-0.3, -0.25) is 0 Å². The minimum atomic E-state index is 0.683. The van der Waals surface area contributed by atoms with Crippen molar-refractivity contribution in [2.45, 2.75) is 38.5 Å². The van der Waals surface area contributed by atoms with Crippen LogP contribution in [-0.2, 0) is 25.7 Å². The summed E-state index contributed by atoms with van der Waals surface area (Å²) in [5.41, 5.74) is 17.7. The van der Waals surface area contributed by atoms with Gasteiger partial charge in [0.05, 0.1) is 18.0 Å². The van der Waals surface area contributed by atoms with Crippen LogP contribution in [0.3, 0.4) is 0 Å². The highest BCUT2D eigenvalue weighted by Gasteiger charge is 2.30. The van der Waals surface area contributed by atoms with Crippen molar-refractivity contribution in [3.05, 3.63) is 205 Å². The third kappa shape index (κ3) is 6.04. The molecule has 0 N–H and O–H groups in total. The van der Waals surface area contributed by atoms with Gasteiger partial charge in [-0.2, -0.15) is 0 Å². The summed E-state index contributed by atoms with van der Waals surface area (Å²) in [6, 6.07) is 63.2. The predicted octanol–water partition coefficient (Wildman–Crippen LogP) is 15.6. The molecule has 0 bridgehead atoms. The number of aryl methyl sites for hydroxylation is 2. The molecule has 0 saturated carbocycles. The summed E-state index contributed by atoms with van der Waals surface area (Å²) in [6.07, 6.45) is 7.73.